The number of aromatic hydroxyl groups is 1. The minimum Gasteiger partial charge on any atom is -0.508 e. The van der Waals surface area contributed by atoms with Gasteiger partial charge in [-0.15, -0.1) is 0 Å². The zero-order chi connectivity index (χ0) is 16.3. The van der Waals surface area contributed by atoms with Crippen LogP contribution in [0, 0.1) is 11.3 Å². The Balaban J connectivity index is 2.54. The summed E-state index contributed by atoms with van der Waals surface area (Å²) in [5.74, 6) is 0.652. The van der Waals surface area contributed by atoms with Gasteiger partial charge in [0.15, 0.2) is 5.75 Å². The molecule has 114 valence electrons. The van der Waals surface area contributed by atoms with E-state index in [4.69, 9.17) is 16.3 Å². The molecule has 0 amide bonds. The second kappa shape index (κ2) is 6.29. The molecule has 4 heteroatoms. The zero-order valence-corrected chi connectivity index (χ0v) is 13.6. The number of benzene rings is 2. The molecular weight excluding hydrogens is 298 g/mol. The second-order valence-electron chi connectivity index (χ2n) is 5.55. The minimum atomic E-state index is -0.353. The van der Waals surface area contributed by atoms with Crippen LogP contribution in [0.4, 0.5) is 0 Å². The molecule has 0 unspecified atom stereocenters. The summed E-state index contributed by atoms with van der Waals surface area (Å²) in [5, 5.41) is 19.2. The van der Waals surface area contributed by atoms with E-state index >= 15 is 0 Å². The third-order valence-corrected chi connectivity index (χ3v) is 4.04. The van der Waals surface area contributed by atoms with Crippen LogP contribution < -0.4 is 4.74 Å². The van der Waals surface area contributed by atoms with Crippen molar-refractivity contribution in [2.24, 2.45) is 0 Å². The molecule has 0 aliphatic rings. The van der Waals surface area contributed by atoms with Gasteiger partial charge in [0, 0.05) is 5.41 Å². The standard InChI is InChI=1S/C18H18ClNO2/c1-4-22-17-12(11-20)9-14(10-16(17)19)18(2,3)13-5-7-15(21)8-6-13/h5-10,21H,4H2,1-3H3. The Kier molecular flexibility index (Phi) is 4.63. The van der Waals surface area contributed by atoms with E-state index in [-0.39, 0.29) is 11.2 Å². The summed E-state index contributed by atoms with van der Waals surface area (Å²) in [6.45, 7) is 6.40. The molecule has 0 fully saturated rings. The summed E-state index contributed by atoms with van der Waals surface area (Å²) < 4.78 is 5.46. The molecule has 22 heavy (non-hydrogen) atoms. The van der Waals surface area contributed by atoms with Crippen LogP contribution in [0.25, 0.3) is 0 Å². The van der Waals surface area contributed by atoms with Gasteiger partial charge in [0.1, 0.15) is 11.8 Å². The number of nitriles is 1. The minimum absolute atomic E-state index is 0.224. The van der Waals surface area contributed by atoms with E-state index in [9.17, 15) is 10.4 Å². The number of phenols is 1. The van der Waals surface area contributed by atoms with Crippen molar-refractivity contribution in [2.75, 3.05) is 6.61 Å². The average Bonchev–Trinajstić information content (AvgIpc) is 2.49. The molecule has 0 saturated carbocycles. The van der Waals surface area contributed by atoms with Gasteiger partial charge in [0.25, 0.3) is 0 Å². The molecule has 3 nitrogen and oxygen atoms in total. The molecule has 2 aromatic carbocycles. The molecule has 0 aliphatic heterocycles. The number of hydrogen-bond donors (Lipinski definition) is 1. The summed E-state index contributed by atoms with van der Waals surface area (Å²) in [4.78, 5) is 0. The van der Waals surface area contributed by atoms with Crippen molar-refractivity contribution in [1.29, 1.82) is 5.26 Å². The van der Waals surface area contributed by atoms with E-state index in [1.165, 1.54) is 0 Å². The van der Waals surface area contributed by atoms with Crippen molar-refractivity contribution < 1.29 is 9.84 Å². The Labute approximate surface area is 135 Å². The van der Waals surface area contributed by atoms with Crippen molar-refractivity contribution in [3.05, 3.63) is 58.1 Å². The highest BCUT2D eigenvalue weighted by molar-refractivity contribution is 6.32. The molecule has 2 rings (SSSR count). The smallest absolute Gasteiger partial charge is 0.155 e. The first-order valence-corrected chi connectivity index (χ1v) is 7.44. The van der Waals surface area contributed by atoms with Gasteiger partial charge < -0.3 is 9.84 Å². The lowest BCUT2D eigenvalue weighted by molar-refractivity contribution is 0.339. The van der Waals surface area contributed by atoms with Crippen LogP contribution in [0.5, 0.6) is 11.5 Å². The Bertz CT molecular complexity index is 715. The summed E-state index contributed by atoms with van der Waals surface area (Å²) in [6, 6.07) is 12.8. The van der Waals surface area contributed by atoms with Crippen LogP contribution in [0.2, 0.25) is 5.02 Å². The largest absolute Gasteiger partial charge is 0.508 e. The van der Waals surface area contributed by atoms with Crippen molar-refractivity contribution in [3.8, 4) is 17.6 Å². The molecule has 0 aromatic heterocycles. The van der Waals surface area contributed by atoms with Gasteiger partial charge in [-0.25, -0.2) is 0 Å². The number of hydrogen-bond acceptors (Lipinski definition) is 3. The lowest BCUT2D eigenvalue weighted by atomic mass is 9.77. The Morgan fingerprint density at radius 3 is 2.36 bits per heavy atom. The molecule has 0 heterocycles. The summed E-state index contributed by atoms with van der Waals surface area (Å²) in [6.07, 6.45) is 0. The molecule has 0 aliphatic carbocycles. The highest BCUT2D eigenvalue weighted by Gasteiger charge is 2.25. The number of halogens is 1. The van der Waals surface area contributed by atoms with Crippen molar-refractivity contribution in [3.63, 3.8) is 0 Å². The topological polar surface area (TPSA) is 53.2 Å². The molecular formula is C18H18ClNO2. The normalized spacial score (nSPS) is 11.0. The maximum absolute atomic E-state index is 9.43. The number of phenolic OH excluding ortho intramolecular Hbond substituents is 1. The highest BCUT2D eigenvalue weighted by atomic mass is 35.5. The number of ether oxygens (including phenoxy) is 1. The zero-order valence-electron chi connectivity index (χ0n) is 12.9. The van der Waals surface area contributed by atoms with Crippen LogP contribution >= 0.6 is 11.6 Å². The molecule has 0 atom stereocenters. The average molecular weight is 316 g/mol. The third-order valence-electron chi connectivity index (χ3n) is 3.76. The van der Waals surface area contributed by atoms with Crippen LogP contribution in [0.3, 0.4) is 0 Å². The molecule has 0 bridgehead atoms. The lowest BCUT2D eigenvalue weighted by Crippen LogP contribution is -2.19. The molecule has 0 radical (unpaired) electrons. The van der Waals surface area contributed by atoms with Crippen molar-refractivity contribution in [2.45, 2.75) is 26.2 Å². The van der Waals surface area contributed by atoms with Gasteiger partial charge in [-0.05, 0) is 42.3 Å². The SMILES string of the molecule is CCOc1c(Cl)cc(C(C)(C)c2ccc(O)cc2)cc1C#N. The first kappa shape index (κ1) is 16.2. The summed E-state index contributed by atoms with van der Waals surface area (Å²) in [5.41, 5.74) is 2.02. The fourth-order valence-corrected chi connectivity index (χ4v) is 2.65. The Morgan fingerprint density at radius 1 is 1.18 bits per heavy atom. The first-order chi connectivity index (χ1) is 10.4. The van der Waals surface area contributed by atoms with Crippen molar-refractivity contribution >= 4 is 11.6 Å². The van der Waals surface area contributed by atoms with E-state index in [1.807, 2.05) is 45.0 Å². The van der Waals surface area contributed by atoms with E-state index in [0.717, 1.165) is 11.1 Å². The predicted molar refractivity (Wildman–Crippen MR) is 87.6 cm³/mol. The fourth-order valence-electron chi connectivity index (χ4n) is 2.37. The van der Waals surface area contributed by atoms with Gasteiger partial charge in [-0.2, -0.15) is 5.26 Å². The monoisotopic (exact) mass is 315 g/mol. The van der Waals surface area contributed by atoms with Gasteiger partial charge >= 0.3 is 0 Å². The molecule has 0 saturated heterocycles. The fraction of sp³-hybridized carbons (Fsp3) is 0.278. The van der Waals surface area contributed by atoms with Gasteiger partial charge in [0.2, 0.25) is 0 Å². The summed E-state index contributed by atoms with van der Waals surface area (Å²) in [7, 11) is 0. The maximum Gasteiger partial charge on any atom is 0.155 e. The van der Waals surface area contributed by atoms with Gasteiger partial charge in [-0.1, -0.05) is 37.6 Å². The highest BCUT2D eigenvalue weighted by Crippen LogP contribution is 2.38. The van der Waals surface area contributed by atoms with Crippen molar-refractivity contribution in [1.82, 2.24) is 0 Å². The second-order valence-corrected chi connectivity index (χ2v) is 5.96. The van der Waals surface area contributed by atoms with E-state index in [1.54, 1.807) is 12.1 Å². The number of rotatable bonds is 4. The van der Waals surface area contributed by atoms with Gasteiger partial charge in [0.05, 0.1) is 17.2 Å². The number of nitrogens with zero attached hydrogens (tertiary/aromatic N) is 1. The Morgan fingerprint density at radius 2 is 1.82 bits per heavy atom. The maximum atomic E-state index is 9.43. The summed E-state index contributed by atoms with van der Waals surface area (Å²) >= 11 is 6.29. The third kappa shape index (κ3) is 3.03. The lowest BCUT2D eigenvalue weighted by Gasteiger charge is -2.27. The van der Waals surface area contributed by atoms with Crippen LogP contribution in [0.15, 0.2) is 36.4 Å². The van der Waals surface area contributed by atoms with Gasteiger partial charge in [-0.3, -0.25) is 0 Å². The molecule has 0 spiro atoms. The quantitative estimate of drug-likeness (QED) is 0.894. The molecule has 2 aromatic rings. The first-order valence-electron chi connectivity index (χ1n) is 7.06. The van der Waals surface area contributed by atoms with Crippen LogP contribution in [-0.2, 0) is 5.41 Å². The predicted octanol–water partition coefficient (Wildman–Crippen LogP) is 4.64. The van der Waals surface area contributed by atoms with Crippen LogP contribution in [0.1, 0.15) is 37.5 Å². The van der Waals surface area contributed by atoms with E-state index in [2.05, 4.69) is 6.07 Å². The molecule has 1 N–H and O–H groups in total. The Hall–Kier alpha value is -2.18. The van der Waals surface area contributed by atoms with E-state index < -0.39 is 0 Å². The van der Waals surface area contributed by atoms with Crippen LogP contribution in [-0.4, -0.2) is 11.7 Å². The van der Waals surface area contributed by atoms with E-state index in [0.29, 0.717) is 22.9 Å².